The molecule has 0 radical (unpaired) electrons. The predicted molar refractivity (Wildman–Crippen MR) is 80.1 cm³/mol. The summed E-state index contributed by atoms with van der Waals surface area (Å²) >= 11 is 9.02. The molecule has 0 aliphatic heterocycles. The van der Waals surface area contributed by atoms with E-state index in [1.807, 2.05) is 0 Å². The lowest BCUT2D eigenvalue weighted by Crippen LogP contribution is -2.10. The first-order valence-electron chi connectivity index (χ1n) is 5.43. The summed E-state index contributed by atoms with van der Waals surface area (Å²) in [6.07, 6.45) is 0. The second kappa shape index (κ2) is 6.00. The van der Waals surface area contributed by atoms with Crippen LogP contribution in [0.2, 0.25) is 5.02 Å². The largest absolute Gasteiger partial charge is 0.379 e. The number of hydrogen-bond donors (Lipinski definition) is 0. The molecule has 0 aromatic heterocycles. The summed E-state index contributed by atoms with van der Waals surface area (Å²) in [5, 5.41) is 10.6. The third-order valence-corrected chi connectivity index (χ3v) is 4.62. The van der Waals surface area contributed by atoms with Gasteiger partial charge in [-0.3, -0.25) is 10.1 Å². The summed E-state index contributed by atoms with van der Waals surface area (Å²) in [5.74, 6) is -0.164. The normalized spacial score (nSPS) is 11.1. The smallest absolute Gasteiger partial charge is 0.340 e. The molecule has 0 atom stereocenters. The van der Waals surface area contributed by atoms with Crippen molar-refractivity contribution in [2.75, 3.05) is 0 Å². The maximum Gasteiger partial charge on any atom is 0.340 e. The first kappa shape index (κ1) is 15.7. The van der Waals surface area contributed by atoms with Crippen molar-refractivity contribution in [3.63, 3.8) is 0 Å². The molecular formula is C12H7BrClNO5S. The fraction of sp³-hybridized carbons (Fsp3) is 0. The van der Waals surface area contributed by atoms with E-state index >= 15 is 0 Å². The van der Waals surface area contributed by atoms with Gasteiger partial charge in [-0.2, -0.15) is 8.42 Å². The van der Waals surface area contributed by atoms with Crippen LogP contribution in [-0.2, 0) is 10.1 Å². The quantitative estimate of drug-likeness (QED) is 0.449. The standard InChI is InChI=1S/C12H7BrClNO5S/c13-8-4-5-12(11(14)6-8)21(18,19)20-10-3-1-2-9(7-10)15(16)17/h1-7H. The zero-order valence-corrected chi connectivity index (χ0v) is 13.4. The first-order chi connectivity index (χ1) is 9.79. The van der Waals surface area contributed by atoms with Gasteiger partial charge < -0.3 is 4.18 Å². The van der Waals surface area contributed by atoms with Gasteiger partial charge in [0, 0.05) is 10.5 Å². The van der Waals surface area contributed by atoms with Crippen LogP contribution in [0.15, 0.2) is 51.8 Å². The van der Waals surface area contributed by atoms with Crippen molar-refractivity contribution >= 4 is 43.3 Å². The van der Waals surface area contributed by atoms with Crippen LogP contribution in [0.5, 0.6) is 5.75 Å². The number of non-ortho nitro benzene ring substituents is 1. The van der Waals surface area contributed by atoms with E-state index in [1.54, 1.807) is 0 Å². The minimum absolute atomic E-state index is 0.0187. The monoisotopic (exact) mass is 391 g/mol. The van der Waals surface area contributed by atoms with Gasteiger partial charge in [0.05, 0.1) is 16.0 Å². The molecule has 0 aliphatic rings. The number of nitro benzene ring substituents is 1. The van der Waals surface area contributed by atoms with Gasteiger partial charge in [0.2, 0.25) is 0 Å². The molecule has 0 heterocycles. The molecule has 0 amide bonds. The Bertz CT molecular complexity index is 809. The Kier molecular flexibility index (Phi) is 4.50. The minimum atomic E-state index is -4.18. The zero-order valence-electron chi connectivity index (χ0n) is 10.2. The molecule has 0 bridgehead atoms. The average Bonchev–Trinajstić information content (AvgIpc) is 2.37. The van der Waals surface area contributed by atoms with Crippen LogP contribution < -0.4 is 4.18 Å². The predicted octanol–water partition coefficient (Wildman–Crippen LogP) is 3.78. The van der Waals surface area contributed by atoms with Crippen LogP contribution in [0.3, 0.4) is 0 Å². The van der Waals surface area contributed by atoms with E-state index in [9.17, 15) is 18.5 Å². The highest BCUT2D eigenvalue weighted by molar-refractivity contribution is 9.10. The average molecular weight is 393 g/mol. The number of halogens is 2. The molecule has 0 fully saturated rings. The third-order valence-electron chi connectivity index (χ3n) is 2.40. The lowest BCUT2D eigenvalue weighted by atomic mass is 10.3. The lowest BCUT2D eigenvalue weighted by molar-refractivity contribution is -0.384. The summed E-state index contributed by atoms with van der Waals surface area (Å²) in [4.78, 5) is 9.78. The molecule has 9 heteroatoms. The minimum Gasteiger partial charge on any atom is -0.379 e. The van der Waals surface area contributed by atoms with Gasteiger partial charge in [-0.15, -0.1) is 0 Å². The van der Waals surface area contributed by atoms with Gasteiger partial charge in [0.25, 0.3) is 5.69 Å². The third kappa shape index (κ3) is 3.72. The van der Waals surface area contributed by atoms with Crippen LogP contribution in [0.25, 0.3) is 0 Å². The van der Waals surface area contributed by atoms with Crippen LogP contribution in [0.1, 0.15) is 0 Å². The van der Waals surface area contributed by atoms with Gasteiger partial charge in [0.1, 0.15) is 10.6 Å². The van der Waals surface area contributed by atoms with Crippen molar-refractivity contribution in [2.24, 2.45) is 0 Å². The molecule has 0 unspecified atom stereocenters. The van der Waals surface area contributed by atoms with Gasteiger partial charge in [-0.25, -0.2) is 0 Å². The zero-order chi connectivity index (χ0) is 15.6. The van der Waals surface area contributed by atoms with Gasteiger partial charge in [-0.1, -0.05) is 33.6 Å². The Balaban J connectivity index is 2.37. The number of rotatable bonds is 4. The summed E-state index contributed by atoms with van der Waals surface area (Å²) in [6.45, 7) is 0. The van der Waals surface area contributed by atoms with E-state index in [0.29, 0.717) is 4.47 Å². The molecule has 0 saturated carbocycles. The summed E-state index contributed by atoms with van der Waals surface area (Å²) in [5.41, 5.74) is -0.274. The highest BCUT2D eigenvalue weighted by Crippen LogP contribution is 2.28. The Labute approximate surface area is 133 Å². The van der Waals surface area contributed by atoms with Crippen LogP contribution in [0, 0.1) is 10.1 Å². The molecular weight excluding hydrogens is 386 g/mol. The Morgan fingerprint density at radius 1 is 1.19 bits per heavy atom. The van der Waals surface area contributed by atoms with E-state index in [0.717, 1.165) is 6.07 Å². The number of nitro groups is 1. The molecule has 21 heavy (non-hydrogen) atoms. The van der Waals surface area contributed by atoms with Gasteiger partial charge in [-0.05, 0) is 24.3 Å². The van der Waals surface area contributed by atoms with Crippen molar-refractivity contribution in [3.05, 3.63) is 62.1 Å². The molecule has 0 saturated heterocycles. The van der Waals surface area contributed by atoms with Crippen molar-refractivity contribution in [3.8, 4) is 5.75 Å². The van der Waals surface area contributed by atoms with E-state index in [2.05, 4.69) is 15.9 Å². The molecule has 2 aromatic rings. The highest BCUT2D eigenvalue weighted by atomic mass is 79.9. The second-order valence-electron chi connectivity index (χ2n) is 3.87. The van der Waals surface area contributed by atoms with E-state index in [1.165, 1.54) is 36.4 Å². The maximum absolute atomic E-state index is 12.1. The number of hydrogen-bond acceptors (Lipinski definition) is 5. The molecule has 2 aromatic carbocycles. The van der Waals surface area contributed by atoms with Crippen LogP contribution in [0.4, 0.5) is 5.69 Å². The Hall–Kier alpha value is -1.64. The fourth-order valence-electron chi connectivity index (χ4n) is 1.50. The van der Waals surface area contributed by atoms with Crippen LogP contribution >= 0.6 is 27.5 Å². The Morgan fingerprint density at radius 3 is 2.52 bits per heavy atom. The highest BCUT2D eigenvalue weighted by Gasteiger charge is 2.21. The van der Waals surface area contributed by atoms with E-state index in [-0.39, 0.29) is 21.4 Å². The van der Waals surface area contributed by atoms with Crippen LogP contribution in [-0.4, -0.2) is 13.3 Å². The maximum atomic E-state index is 12.1. The Morgan fingerprint density at radius 2 is 1.90 bits per heavy atom. The summed E-state index contributed by atoms with van der Waals surface area (Å²) < 4.78 is 29.7. The SMILES string of the molecule is O=[N+]([O-])c1cccc(OS(=O)(=O)c2ccc(Br)cc2Cl)c1. The summed E-state index contributed by atoms with van der Waals surface area (Å²) in [7, 11) is -4.18. The molecule has 0 N–H and O–H groups in total. The van der Waals surface area contributed by atoms with E-state index < -0.39 is 15.0 Å². The number of benzene rings is 2. The summed E-state index contributed by atoms with van der Waals surface area (Å²) in [6, 6.07) is 9.06. The first-order valence-corrected chi connectivity index (χ1v) is 8.01. The second-order valence-corrected chi connectivity index (χ2v) is 6.70. The fourth-order valence-corrected chi connectivity index (χ4v) is 3.43. The van der Waals surface area contributed by atoms with Crippen molar-refractivity contribution in [1.29, 1.82) is 0 Å². The topological polar surface area (TPSA) is 86.5 Å². The van der Waals surface area contributed by atoms with Gasteiger partial charge >= 0.3 is 10.1 Å². The van der Waals surface area contributed by atoms with Crippen molar-refractivity contribution < 1.29 is 17.5 Å². The van der Waals surface area contributed by atoms with Gasteiger partial charge in [0.15, 0.2) is 0 Å². The van der Waals surface area contributed by atoms with Crippen molar-refractivity contribution in [2.45, 2.75) is 4.90 Å². The molecule has 2 rings (SSSR count). The van der Waals surface area contributed by atoms with Crippen molar-refractivity contribution in [1.82, 2.24) is 0 Å². The molecule has 0 aliphatic carbocycles. The number of nitrogens with zero attached hydrogens (tertiary/aromatic N) is 1. The molecule has 6 nitrogen and oxygen atoms in total. The molecule has 110 valence electrons. The molecule has 0 spiro atoms. The van der Waals surface area contributed by atoms with E-state index in [4.69, 9.17) is 15.8 Å². The lowest BCUT2D eigenvalue weighted by Gasteiger charge is -2.08.